The van der Waals surface area contributed by atoms with Crippen molar-refractivity contribution >= 4 is 34.0 Å². The molecule has 7 aromatic carbocycles. The molecule has 0 saturated heterocycles. The van der Waals surface area contributed by atoms with Gasteiger partial charge in [0.2, 0.25) is 0 Å². The van der Waals surface area contributed by atoms with Crippen molar-refractivity contribution in [1.82, 2.24) is 9.97 Å². The van der Waals surface area contributed by atoms with E-state index in [9.17, 15) is 4.57 Å². The molecular weight excluding hydrogens is 603 g/mol. The molecule has 48 heavy (non-hydrogen) atoms. The maximum absolute atomic E-state index is 13.1. The van der Waals surface area contributed by atoms with E-state index in [0.29, 0.717) is 5.82 Å². The molecule has 4 heteroatoms. The predicted octanol–water partition coefficient (Wildman–Crippen LogP) is 10.6. The van der Waals surface area contributed by atoms with Crippen LogP contribution in [0.5, 0.6) is 0 Å². The van der Waals surface area contributed by atoms with E-state index >= 15 is 0 Å². The van der Waals surface area contributed by atoms with Crippen molar-refractivity contribution in [3.05, 3.63) is 164 Å². The summed E-state index contributed by atoms with van der Waals surface area (Å²) in [5.74, 6) is 0.635. The summed E-state index contributed by atoms with van der Waals surface area (Å²) in [7, 11) is -2.45. The van der Waals surface area contributed by atoms with Gasteiger partial charge in [0.1, 0.15) is 7.14 Å². The molecule has 0 fully saturated rings. The number of benzene rings is 5. The van der Waals surface area contributed by atoms with Crippen LogP contribution >= 0.6 is 7.14 Å². The number of fused-ring (bicyclic) bond motifs is 2. The van der Waals surface area contributed by atoms with Crippen molar-refractivity contribution in [2.24, 2.45) is 0 Å². The maximum Gasteiger partial charge on any atom is 0.161 e. The van der Waals surface area contributed by atoms with Crippen molar-refractivity contribution in [2.45, 2.75) is 0 Å². The second-order valence-corrected chi connectivity index (χ2v) is 15.4. The Morgan fingerprint density at radius 2 is 1.17 bits per heavy atom. The summed E-state index contributed by atoms with van der Waals surface area (Å²) in [6.07, 6.45) is 0. The molecule has 0 saturated carbocycles. The summed E-state index contributed by atoms with van der Waals surface area (Å²) in [5, 5.41) is 5.15. The Labute approximate surface area is 281 Å². The summed E-state index contributed by atoms with van der Waals surface area (Å²) >= 11 is 0. The molecule has 0 N–H and O–H groups in total. The Balaban J connectivity index is 1.35. The molecule has 226 valence electrons. The predicted molar refractivity (Wildman–Crippen MR) is 199 cm³/mol. The Bertz CT molecular complexity index is 2390. The standard InChI is InChI=1S/C44H29N2OP/c1-48(2,47)35-22-14-21-34(28-35)43-38-25-11-9-23-36(38)42(37-24-10-12-26-39(37)43)33-20-13-19-32(27-33)41-29-40(30-15-5-3-6-16-30)45-44(46-41)31-17-7-4-8-18-31/h3,5-7,9,11-23,25-29H,1-2H3. The smallest absolute Gasteiger partial charge is 0.161 e. The Morgan fingerprint density at radius 3 is 1.92 bits per heavy atom. The molecule has 8 rings (SSSR count). The van der Waals surface area contributed by atoms with Gasteiger partial charge in [0, 0.05) is 32.9 Å². The van der Waals surface area contributed by atoms with Gasteiger partial charge in [-0.1, -0.05) is 115 Å². The summed E-state index contributed by atoms with van der Waals surface area (Å²) in [5.41, 5.74) is 8.85. The molecule has 0 radical (unpaired) electrons. The van der Waals surface area contributed by atoms with Crippen molar-refractivity contribution in [2.75, 3.05) is 13.3 Å². The largest absolute Gasteiger partial charge is 0.319 e. The summed E-state index contributed by atoms with van der Waals surface area (Å²) < 4.78 is 13.1. The number of rotatable bonds is 6. The number of hydrogen-bond donors (Lipinski definition) is 0. The highest BCUT2D eigenvalue weighted by Gasteiger charge is 2.19. The normalized spacial score (nSPS) is 11.3. The van der Waals surface area contributed by atoms with Gasteiger partial charge in [-0.25, -0.2) is 9.97 Å². The zero-order valence-corrected chi connectivity index (χ0v) is 27.4. The van der Waals surface area contributed by atoms with E-state index in [1.807, 2.05) is 67.9 Å². The van der Waals surface area contributed by atoms with Crippen LogP contribution in [-0.2, 0) is 4.57 Å². The Kier molecular flexibility index (Phi) is 7.34. The molecule has 0 aliphatic rings. The first-order valence-corrected chi connectivity index (χ1v) is 18.4. The molecule has 0 aliphatic heterocycles. The lowest BCUT2D eigenvalue weighted by Gasteiger charge is -2.18. The van der Waals surface area contributed by atoms with Gasteiger partial charge in [0.25, 0.3) is 0 Å². The molecular formula is C44H29N2OP. The van der Waals surface area contributed by atoms with Crippen LogP contribution in [0.4, 0.5) is 0 Å². The molecule has 3 nitrogen and oxygen atoms in total. The van der Waals surface area contributed by atoms with Gasteiger partial charge in [-0.15, -0.1) is 0 Å². The van der Waals surface area contributed by atoms with Crippen LogP contribution < -0.4 is 5.30 Å². The van der Waals surface area contributed by atoms with Gasteiger partial charge in [0.05, 0.1) is 11.4 Å². The third-order valence-corrected chi connectivity index (χ3v) is 10.2. The zero-order chi connectivity index (χ0) is 32.7. The van der Waals surface area contributed by atoms with Crippen LogP contribution in [-0.4, -0.2) is 23.3 Å². The van der Waals surface area contributed by atoms with Gasteiger partial charge >= 0.3 is 0 Å². The van der Waals surface area contributed by atoms with Crippen molar-refractivity contribution < 1.29 is 4.57 Å². The molecule has 0 aliphatic carbocycles. The van der Waals surface area contributed by atoms with Crippen molar-refractivity contribution in [3.63, 3.8) is 0 Å². The second-order valence-electron chi connectivity index (χ2n) is 12.2. The Hall–Kier alpha value is -5.99. The van der Waals surface area contributed by atoms with Crippen molar-refractivity contribution in [1.29, 1.82) is 0 Å². The van der Waals surface area contributed by atoms with Crippen LogP contribution in [0.2, 0.25) is 0 Å². The highest BCUT2D eigenvalue weighted by atomic mass is 31.2. The number of hydrogen-bond acceptors (Lipinski definition) is 3. The molecule has 0 bridgehead atoms. The summed E-state index contributed by atoms with van der Waals surface area (Å²) in [6.45, 7) is 3.64. The van der Waals surface area contributed by atoms with Crippen LogP contribution in [0.1, 0.15) is 0 Å². The van der Waals surface area contributed by atoms with Gasteiger partial charge in [-0.3, -0.25) is 0 Å². The van der Waals surface area contributed by atoms with Crippen molar-refractivity contribution in [3.8, 4) is 56.2 Å². The molecule has 0 amide bonds. The highest BCUT2D eigenvalue weighted by molar-refractivity contribution is 7.70. The third-order valence-electron chi connectivity index (χ3n) is 8.70. The second kappa shape index (κ2) is 12.0. The van der Waals surface area contributed by atoms with E-state index in [4.69, 9.17) is 9.97 Å². The van der Waals surface area contributed by atoms with Crippen LogP contribution in [0, 0.1) is 24.3 Å². The fourth-order valence-electron chi connectivity index (χ4n) is 6.40. The topological polar surface area (TPSA) is 42.9 Å². The average molecular weight is 633 g/mol. The van der Waals surface area contributed by atoms with E-state index in [1.165, 1.54) is 0 Å². The minimum atomic E-state index is -2.45. The summed E-state index contributed by atoms with van der Waals surface area (Å²) in [6, 6.07) is 59.9. The highest BCUT2D eigenvalue weighted by Crippen LogP contribution is 2.44. The van der Waals surface area contributed by atoms with E-state index < -0.39 is 7.14 Å². The van der Waals surface area contributed by atoms with E-state index in [1.54, 1.807) is 0 Å². The molecule has 1 heterocycles. The Morgan fingerprint density at radius 1 is 0.521 bits per heavy atom. The first-order chi connectivity index (χ1) is 23.4. The number of aromatic nitrogens is 2. The van der Waals surface area contributed by atoms with E-state index in [2.05, 4.69) is 109 Å². The van der Waals surface area contributed by atoms with Crippen LogP contribution in [0.15, 0.2) is 140 Å². The van der Waals surface area contributed by atoms with Crippen LogP contribution in [0.25, 0.3) is 77.7 Å². The minimum Gasteiger partial charge on any atom is -0.319 e. The molecule has 0 spiro atoms. The molecule has 8 aromatic rings. The molecule has 1 aromatic heterocycles. The third kappa shape index (κ3) is 5.42. The lowest BCUT2D eigenvalue weighted by molar-refractivity contribution is 0.588. The zero-order valence-electron chi connectivity index (χ0n) is 26.5. The SMILES string of the molecule is CP(C)(=O)c1cccc(-c2c3ccc#cc3c(-c3cccc(-c4cc(-c5ccccc5)nc(-c5cc#ccc5)n4)c3)c3ccccc23)c1. The fraction of sp³-hybridized carbons (Fsp3) is 0.0455. The quantitative estimate of drug-likeness (QED) is 0.171. The monoisotopic (exact) mass is 632 g/mol. The van der Waals surface area contributed by atoms with E-state index in [-0.39, 0.29) is 0 Å². The van der Waals surface area contributed by atoms with Gasteiger partial charge < -0.3 is 4.57 Å². The summed E-state index contributed by atoms with van der Waals surface area (Å²) in [4.78, 5) is 10.0. The lowest BCUT2D eigenvalue weighted by Crippen LogP contribution is -2.02. The maximum atomic E-state index is 13.1. The van der Waals surface area contributed by atoms with Gasteiger partial charge in [-0.05, 0) is 94.7 Å². The van der Waals surface area contributed by atoms with Gasteiger partial charge in [0.15, 0.2) is 5.82 Å². The minimum absolute atomic E-state index is 0.635. The fourth-order valence-corrected chi connectivity index (χ4v) is 7.30. The number of nitrogens with zero attached hydrogens (tertiary/aromatic N) is 2. The first kappa shape index (κ1) is 29.4. The molecule has 0 atom stereocenters. The van der Waals surface area contributed by atoms with Crippen LogP contribution in [0.3, 0.4) is 0 Å². The lowest BCUT2D eigenvalue weighted by atomic mass is 9.86. The average Bonchev–Trinajstić information content (AvgIpc) is 3.14. The first-order valence-electron chi connectivity index (χ1n) is 15.8. The van der Waals surface area contributed by atoms with Gasteiger partial charge in [-0.2, -0.15) is 0 Å². The molecule has 0 unspecified atom stereocenters. The van der Waals surface area contributed by atoms with E-state index in [0.717, 1.165) is 77.2 Å².